The Morgan fingerprint density at radius 1 is 1.26 bits per heavy atom. The van der Waals surface area contributed by atoms with Gasteiger partial charge in [-0.1, -0.05) is 37.0 Å². The van der Waals surface area contributed by atoms with E-state index in [4.69, 9.17) is 27.9 Å². The lowest BCUT2D eigenvalue weighted by atomic mass is 10.2. The van der Waals surface area contributed by atoms with Crippen molar-refractivity contribution in [1.82, 2.24) is 4.90 Å². The summed E-state index contributed by atoms with van der Waals surface area (Å²) in [4.78, 5) is 14.1. The quantitative estimate of drug-likeness (QED) is 0.565. The topological polar surface area (TPSA) is 29.5 Å². The SMILES string of the molecule is CCN(CC)CCCOC(=O)c1ccc(Cl)cc1Cl. The van der Waals surface area contributed by atoms with Crippen LogP contribution in [0.15, 0.2) is 18.2 Å². The minimum atomic E-state index is -0.402. The Labute approximate surface area is 124 Å². The fourth-order valence-corrected chi connectivity index (χ4v) is 2.21. The summed E-state index contributed by atoms with van der Waals surface area (Å²) in [5, 5.41) is 0.823. The van der Waals surface area contributed by atoms with Crippen molar-refractivity contribution >= 4 is 29.2 Å². The summed E-state index contributed by atoms with van der Waals surface area (Å²) in [7, 11) is 0. The first kappa shape index (κ1) is 16.3. The lowest BCUT2D eigenvalue weighted by Gasteiger charge is -2.17. The van der Waals surface area contributed by atoms with Crippen LogP contribution in [-0.2, 0) is 4.74 Å². The molecule has 5 heteroatoms. The number of halogens is 2. The maximum Gasteiger partial charge on any atom is 0.339 e. The average molecular weight is 304 g/mol. The van der Waals surface area contributed by atoms with Crippen LogP contribution in [0, 0.1) is 0 Å². The van der Waals surface area contributed by atoms with Gasteiger partial charge in [-0.05, 0) is 37.7 Å². The largest absolute Gasteiger partial charge is 0.462 e. The normalized spacial score (nSPS) is 10.8. The highest BCUT2D eigenvalue weighted by atomic mass is 35.5. The molecule has 1 aromatic carbocycles. The van der Waals surface area contributed by atoms with Gasteiger partial charge in [0.15, 0.2) is 0 Å². The Bertz CT molecular complexity index is 420. The molecule has 1 aromatic rings. The van der Waals surface area contributed by atoms with E-state index in [-0.39, 0.29) is 0 Å². The zero-order chi connectivity index (χ0) is 14.3. The number of rotatable bonds is 7. The first-order chi connectivity index (χ1) is 9.08. The molecule has 19 heavy (non-hydrogen) atoms. The molecule has 0 N–H and O–H groups in total. The molecule has 0 heterocycles. The van der Waals surface area contributed by atoms with Crippen molar-refractivity contribution in [3.05, 3.63) is 33.8 Å². The smallest absolute Gasteiger partial charge is 0.339 e. The number of hydrogen-bond donors (Lipinski definition) is 0. The molecule has 0 spiro atoms. The summed E-state index contributed by atoms with van der Waals surface area (Å²) in [5.41, 5.74) is 0.355. The van der Waals surface area contributed by atoms with Crippen LogP contribution in [0.4, 0.5) is 0 Å². The molecule has 0 aliphatic carbocycles. The second kappa shape index (κ2) is 8.41. The van der Waals surface area contributed by atoms with E-state index in [1.54, 1.807) is 12.1 Å². The predicted molar refractivity (Wildman–Crippen MR) is 79.1 cm³/mol. The maximum atomic E-state index is 11.8. The van der Waals surface area contributed by atoms with Gasteiger partial charge in [0.2, 0.25) is 0 Å². The monoisotopic (exact) mass is 303 g/mol. The number of benzene rings is 1. The van der Waals surface area contributed by atoms with Crippen molar-refractivity contribution < 1.29 is 9.53 Å². The fraction of sp³-hybridized carbons (Fsp3) is 0.500. The highest BCUT2D eigenvalue weighted by molar-refractivity contribution is 6.36. The molecule has 0 atom stereocenters. The number of hydrogen-bond acceptors (Lipinski definition) is 3. The molecule has 0 amide bonds. The summed E-state index contributed by atoms with van der Waals surface area (Å²) in [6.45, 7) is 7.57. The lowest BCUT2D eigenvalue weighted by Crippen LogP contribution is -2.25. The zero-order valence-corrected chi connectivity index (χ0v) is 12.8. The minimum Gasteiger partial charge on any atom is -0.462 e. The Morgan fingerprint density at radius 2 is 1.95 bits per heavy atom. The average Bonchev–Trinajstić information content (AvgIpc) is 2.38. The number of esters is 1. The van der Waals surface area contributed by atoms with Crippen molar-refractivity contribution in [1.29, 1.82) is 0 Å². The van der Waals surface area contributed by atoms with Crippen LogP contribution in [0.25, 0.3) is 0 Å². The van der Waals surface area contributed by atoms with Crippen LogP contribution in [0.5, 0.6) is 0 Å². The zero-order valence-electron chi connectivity index (χ0n) is 11.3. The van der Waals surface area contributed by atoms with Crippen LogP contribution in [-0.4, -0.2) is 37.1 Å². The molecular weight excluding hydrogens is 285 g/mol. The third kappa shape index (κ3) is 5.39. The Kier molecular flexibility index (Phi) is 7.21. The van der Waals surface area contributed by atoms with E-state index in [1.165, 1.54) is 6.07 Å². The molecule has 3 nitrogen and oxygen atoms in total. The lowest BCUT2D eigenvalue weighted by molar-refractivity contribution is 0.0489. The van der Waals surface area contributed by atoms with Gasteiger partial charge < -0.3 is 9.64 Å². The van der Waals surface area contributed by atoms with Crippen molar-refractivity contribution in [3.63, 3.8) is 0 Å². The first-order valence-electron chi connectivity index (χ1n) is 6.43. The van der Waals surface area contributed by atoms with E-state index in [1.807, 2.05) is 0 Å². The summed E-state index contributed by atoms with van der Waals surface area (Å²) in [5.74, 6) is -0.402. The molecule has 0 fully saturated rings. The summed E-state index contributed by atoms with van der Waals surface area (Å²) < 4.78 is 5.20. The molecule has 0 aliphatic heterocycles. The molecule has 0 unspecified atom stereocenters. The number of ether oxygens (including phenoxy) is 1. The number of carbonyl (C=O) groups excluding carboxylic acids is 1. The first-order valence-corrected chi connectivity index (χ1v) is 7.18. The van der Waals surface area contributed by atoms with E-state index in [2.05, 4.69) is 18.7 Å². The highest BCUT2D eigenvalue weighted by Crippen LogP contribution is 2.21. The van der Waals surface area contributed by atoms with Crippen LogP contribution in [0.1, 0.15) is 30.6 Å². The molecule has 106 valence electrons. The maximum absolute atomic E-state index is 11.8. The third-order valence-electron chi connectivity index (χ3n) is 2.90. The van der Waals surface area contributed by atoms with E-state index in [0.29, 0.717) is 22.2 Å². The second-order valence-electron chi connectivity index (χ2n) is 4.14. The summed E-state index contributed by atoms with van der Waals surface area (Å²) in [6, 6.07) is 4.74. The van der Waals surface area contributed by atoms with Gasteiger partial charge >= 0.3 is 5.97 Å². The van der Waals surface area contributed by atoms with Crippen LogP contribution >= 0.6 is 23.2 Å². The molecule has 0 saturated carbocycles. The summed E-state index contributed by atoms with van der Waals surface area (Å²) in [6.07, 6.45) is 0.818. The third-order valence-corrected chi connectivity index (χ3v) is 3.45. The van der Waals surface area contributed by atoms with Gasteiger partial charge in [0, 0.05) is 11.6 Å². The highest BCUT2D eigenvalue weighted by Gasteiger charge is 2.12. The van der Waals surface area contributed by atoms with Crippen molar-refractivity contribution in [2.45, 2.75) is 20.3 Å². The summed E-state index contributed by atoms with van der Waals surface area (Å²) >= 11 is 11.7. The van der Waals surface area contributed by atoms with Gasteiger partial charge in [0.25, 0.3) is 0 Å². The molecule has 0 radical (unpaired) electrons. The van der Waals surface area contributed by atoms with Gasteiger partial charge in [0.05, 0.1) is 17.2 Å². The minimum absolute atomic E-state index is 0.321. The molecule has 0 saturated heterocycles. The molecule has 1 rings (SSSR count). The van der Waals surface area contributed by atoms with Crippen molar-refractivity contribution in [3.8, 4) is 0 Å². The standard InChI is InChI=1S/C14H19Cl2NO2/c1-3-17(4-2)8-5-9-19-14(18)12-7-6-11(15)10-13(12)16/h6-7,10H,3-5,8-9H2,1-2H3. The number of carbonyl (C=O) groups is 1. The van der Waals surface area contributed by atoms with Gasteiger partial charge in [-0.15, -0.1) is 0 Å². The number of nitrogens with zero attached hydrogens (tertiary/aromatic N) is 1. The van der Waals surface area contributed by atoms with Crippen LogP contribution < -0.4 is 0 Å². The molecule has 0 bridgehead atoms. The Hall–Kier alpha value is -0.770. The Balaban J connectivity index is 2.39. The van der Waals surface area contributed by atoms with E-state index in [0.717, 1.165) is 26.1 Å². The molecule has 0 aromatic heterocycles. The second-order valence-corrected chi connectivity index (χ2v) is 4.98. The molecular formula is C14H19Cl2NO2. The van der Waals surface area contributed by atoms with Gasteiger partial charge in [0.1, 0.15) is 0 Å². The van der Waals surface area contributed by atoms with Crippen LogP contribution in [0.3, 0.4) is 0 Å². The van der Waals surface area contributed by atoms with Gasteiger partial charge in [-0.2, -0.15) is 0 Å². The van der Waals surface area contributed by atoms with Crippen molar-refractivity contribution in [2.24, 2.45) is 0 Å². The van der Waals surface area contributed by atoms with E-state index >= 15 is 0 Å². The van der Waals surface area contributed by atoms with Gasteiger partial charge in [-0.25, -0.2) is 4.79 Å². The van der Waals surface area contributed by atoms with E-state index in [9.17, 15) is 4.79 Å². The van der Waals surface area contributed by atoms with Crippen LogP contribution in [0.2, 0.25) is 10.0 Å². The predicted octanol–water partition coefficient (Wildman–Crippen LogP) is 3.88. The van der Waals surface area contributed by atoms with E-state index < -0.39 is 5.97 Å². The van der Waals surface area contributed by atoms with Gasteiger partial charge in [-0.3, -0.25) is 0 Å². The Morgan fingerprint density at radius 3 is 2.53 bits per heavy atom. The fourth-order valence-electron chi connectivity index (χ4n) is 1.73. The molecule has 0 aliphatic rings. The van der Waals surface area contributed by atoms with Crippen molar-refractivity contribution in [2.75, 3.05) is 26.2 Å².